The van der Waals surface area contributed by atoms with E-state index in [9.17, 15) is 14.7 Å². The number of alkyl carbamates (subject to hydrolysis) is 1. The molecule has 0 unspecified atom stereocenters. The minimum Gasteiger partial charge on any atom is -0.480 e. The standard InChI is InChI=1S/C22H34N2O4/c1-15-7-6-8-16(2)24(15)14-18-11-9-17(10-12-18)13-19(20(25)26)23-21(27)28-22(3,4)5/h9-12,15-16,19H,6-8,13-14H2,1-5H3,(H,23,27)(H,25,26)/t15-,16+,19-/m1/s1. The maximum Gasteiger partial charge on any atom is 0.408 e. The fraction of sp³-hybridized carbons (Fsp3) is 0.636. The van der Waals surface area contributed by atoms with Gasteiger partial charge in [-0.2, -0.15) is 0 Å². The first-order valence-corrected chi connectivity index (χ1v) is 10.1. The fourth-order valence-corrected chi connectivity index (χ4v) is 3.66. The molecule has 1 amide bonds. The van der Waals surface area contributed by atoms with Crippen LogP contribution in [-0.2, 0) is 22.5 Å². The number of ether oxygens (including phenoxy) is 1. The monoisotopic (exact) mass is 390 g/mol. The van der Waals surface area contributed by atoms with E-state index < -0.39 is 23.7 Å². The van der Waals surface area contributed by atoms with Crippen molar-refractivity contribution in [3.05, 3.63) is 35.4 Å². The number of likely N-dealkylation sites (tertiary alicyclic amines) is 1. The van der Waals surface area contributed by atoms with Crippen molar-refractivity contribution in [2.75, 3.05) is 0 Å². The lowest BCUT2D eigenvalue weighted by molar-refractivity contribution is -0.139. The molecule has 156 valence electrons. The van der Waals surface area contributed by atoms with Gasteiger partial charge in [0, 0.05) is 25.0 Å². The van der Waals surface area contributed by atoms with Crippen molar-refractivity contribution in [3.63, 3.8) is 0 Å². The van der Waals surface area contributed by atoms with Gasteiger partial charge in [0.2, 0.25) is 0 Å². The number of piperidine rings is 1. The molecule has 28 heavy (non-hydrogen) atoms. The summed E-state index contributed by atoms with van der Waals surface area (Å²) in [5.41, 5.74) is 1.42. The Bertz CT molecular complexity index is 656. The molecular weight excluding hydrogens is 356 g/mol. The zero-order valence-corrected chi connectivity index (χ0v) is 17.7. The summed E-state index contributed by atoms with van der Waals surface area (Å²) in [5.74, 6) is -1.08. The van der Waals surface area contributed by atoms with E-state index in [4.69, 9.17) is 4.74 Å². The summed E-state index contributed by atoms with van der Waals surface area (Å²) in [6, 6.07) is 8.13. The zero-order chi connectivity index (χ0) is 20.9. The Morgan fingerprint density at radius 3 is 2.18 bits per heavy atom. The van der Waals surface area contributed by atoms with Crippen molar-refractivity contribution in [1.82, 2.24) is 10.2 Å². The molecule has 1 aromatic carbocycles. The van der Waals surface area contributed by atoms with E-state index in [1.807, 2.05) is 12.1 Å². The second-order valence-electron chi connectivity index (χ2n) is 8.86. The van der Waals surface area contributed by atoms with Crippen LogP contribution in [0.15, 0.2) is 24.3 Å². The molecule has 0 aliphatic carbocycles. The summed E-state index contributed by atoms with van der Waals surface area (Å²) in [7, 11) is 0. The number of benzene rings is 1. The highest BCUT2D eigenvalue weighted by Crippen LogP contribution is 2.24. The Labute approximate surface area is 168 Å². The van der Waals surface area contributed by atoms with Crippen molar-refractivity contribution >= 4 is 12.1 Å². The average Bonchev–Trinajstić information content (AvgIpc) is 2.57. The number of hydrogen-bond acceptors (Lipinski definition) is 4. The van der Waals surface area contributed by atoms with Gasteiger partial charge in [0.15, 0.2) is 0 Å². The highest BCUT2D eigenvalue weighted by atomic mass is 16.6. The second-order valence-corrected chi connectivity index (χ2v) is 8.86. The van der Waals surface area contributed by atoms with E-state index in [-0.39, 0.29) is 6.42 Å². The first-order valence-electron chi connectivity index (χ1n) is 10.1. The lowest BCUT2D eigenvalue weighted by Gasteiger charge is -2.39. The molecule has 1 aromatic rings. The molecule has 0 spiro atoms. The summed E-state index contributed by atoms with van der Waals surface area (Å²) in [6.45, 7) is 10.7. The van der Waals surface area contributed by atoms with E-state index in [0.29, 0.717) is 12.1 Å². The van der Waals surface area contributed by atoms with Crippen molar-refractivity contribution in [3.8, 4) is 0 Å². The maximum atomic E-state index is 11.9. The summed E-state index contributed by atoms with van der Waals surface area (Å²) in [6.07, 6.45) is 3.26. The quantitative estimate of drug-likeness (QED) is 0.768. The van der Waals surface area contributed by atoms with Gasteiger partial charge in [-0.25, -0.2) is 9.59 Å². The largest absolute Gasteiger partial charge is 0.480 e. The molecule has 6 heteroatoms. The smallest absolute Gasteiger partial charge is 0.408 e. The van der Waals surface area contributed by atoms with Gasteiger partial charge in [0.1, 0.15) is 11.6 Å². The third-order valence-corrected chi connectivity index (χ3v) is 5.19. The molecule has 2 rings (SSSR count). The molecule has 0 bridgehead atoms. The first-order chi connectivity index (χ1) is 13.0. The van der Waals surface area contributed by atoms with Gasteiger partial charge in [-0.05, 0) is 58.6 Å². The molecule has 3 atom stereocenters. The topological polar surface area (TPSA) is 78.9 Å². The second kappa shape index (κ2) is 9.41. The van der Waals surface area contributed by atoms with Gasteiger partial charge in [-0.1, -0.05) is 30.7 Å². The molecule has 6 nitrogen and oxygen atoms in total. The van der Waals surface area contributed by atoms with Crippen LogP contribution in [0.25, 0.3) is 0 Å². The molecule has 1 saturated heterocycles. The third-order valence-electron chi connectivity index (χ3n) is 5.19. The minimum absolute atomic E-state index is 0.214. The Balaban J connectivity index is 1.97. The predicted molar refractivity (Wildman–Crippen MR) is 109 cm³/mol. The number of aliphatic carboxylic acids is 1. The van der Waals surface area contributed by atoms with Crippen LogP contribution in [0.4, 0.5) is 4.79 Å². The summed E-state index contributed by atoms with van der Waals surface area (Å²) in [5, 5.41) is 11.9. The number of hydrogen-bond donors (Lipinski definition) is 2. The first kappa shape index (κ1) is 22.2. The number of amides is 1. The van der Waals surface area contributed by atoms with Crippen LogP contribution in [0, 0.1) is 0 Å². The summed E-state index contributed by atoms with van der Waals surface area (Å²) >= 11 is 0. The Morgan fingerprint density at radius 2 is 1.68 bits per heavy atom. The highest BCUT2D eigenvalue weighted by molar-refractivity contribution is 5.80. The van der Waals surface area contributed by atoms with Crippen molar-refractivity contribution in [1.29, 1.82) is 0 Å². The number of carbonyl (C=O) groups is 2. The molecule has 2 N–H and O–H groups in total. The van der Waals surface area contributed by atoms with Gasteiger partial charge in [0.05, 0.1) is 0 Å². The van der Waals surface area contributed by atoms with Crippen LogP contribution in [0.1, 0.15) is 65.0 Å². The van der Waals surface area contributed by atoms with Crippen LogP contribution in [0.3, 0.4) is 0 Å². The maximum absolute atomic E-state index is 11.9. The van der Waals surface area contributed by atoms with E-state index in [1.165, 1.54) is 24.8 Å². The highest BCUT2D eigenvalue weighted by Gasteiger charge is 2.26. The minimum atomic E-state index is -1.08. The van der Waals surface area contributed by atoms with E-state index in [0.717, 1.165) is 12.1 Å². The number of carbonyl (C=O) groups excluding carboxylic acids is 1. The lowest BCUT2D eigenvalue weighted by atomic mass is 9.96. The van der Waals surface area contributed by atoms with E-state index >= 15 is 0 Å². The van der Waals surface area contributed by atoms with Gasteiger partial charge in [-0.3, -0.25) is 4.90 Å². The number of carboxylic acid groups (broad SMARTS) is 1. The fourth-order valence-electron chi connectivity index (χ4n) is 3.66. The van der Waals surface area contributed by atoms with Crippen molar-refractivity contribution in [2.24, 2.45) is 0 Å². The Hall–Kier alpha value is -2.08. The number of nitrogens with zero attached hydrogens (tertiary/aromatic N) is 1. The van der Waals surface area contributed by atoms with E-state index in [2.05, 4.69) is 36.2 Å². The average molecular weight is 391 g/mol. The van der Waals surface area contributed by atoms with Crippen LogP contribution in [-0.4, -0.2) is 45.8 Å². The molecule has 0 radical (unpaired) electrons. The van der Waals surface area contributed by atoms with Gasteiger partial charge in [-0.15, -0.1) is 0 Å². The van der Waals surface area contributed by atoms with Crippen LogP contribution < -0.4 is 5.32 Å². The predicted octanol–water partition coefficient (Wildman–Crippen LogP) is 3.97. The van der Waals surface area contributed by atoms with Crippen LogP contribution in [0.2, 0.25) is 0 Å². The zero-order valence-electron chi connectivity index (χ0n) is 17.7. The Morgan fingerprint density at radius 1 is 1.14 bits per heavy atom. The SMILES string of the molecule is C[C@@H]1CCC[C@H](C)N1Cc1ccc(C[C@@H](NC(=O)OC(C)(C)C)C(=O)O)cc1. The van der Waals surface area contributed by atoms with Crippen LogP contribution >= 0.6 is 0 Å². The van der Waals surface area contributed by atoms with Gasteiger partial charge < -0.3 is 15.2 Å². The molecule has 1 heterocycles. The molecule has 1 fully saturated rings. The van der Waals surface area contributed by atoms with Gasteiger partial charge in [0.25, 0.3) is 0 Å². The number of carboxylic acids is 1. The summed E-state index contributed by atoms with van der Waals surface area (Å²) < 4.78 is 5.16. The Kier molecular flexibility index (Phi) is 7.47. The third kappa shape index (κ3) is 6.82. The lowest BCUT2D eigenvalue weighted by Crippen LogP contribution is -2.44. The van der Waals surface area contributed by atoms with Crippen molar-refractivity contribution < 1.29 is 19.4 Å². The number of nitrogens with one attached hydrogen (secondary N) is 1. The van der Waals surface area contributed by atoms with Crippen molar-refractivity contribution in [2.45, 2.75) is 90.6 Å². The summed E-state index contributed by atoms with van der Waals surface area (Å²) in [4.78, 5) is 26.0. The normalized spacial score (nSPS) is 21.8. The molecular formula is C22H34N2O4. The molecule has 0 aromatic heterocycles. The molecule has 1 aliphatic heterocycles. The number of rotatable bonds is 6. The van der Waals surface area contributed by atoms with Gasteiger partial charge >= 0.3 is 12.1 Å². The van der Waals surface area contributed by atoms with E-state index in [1.54, 1.807) is 20.8 Å². The molecule has 0 saturated carbocycles. The molecule has 1 aliphatic rings. The van der Waals surface area contributed by atoms with Crippen LogP contribution in [0.5, 0.6) is 0 Å².